The summed E-state index contributed by atoms with van der Waals surface area (Å²) in [6, 6.07) is 41.4. The molecule has 0 bridgehead atoms. The molecule has 3 nitrogen and oxygen atoms in total. The van der Waals surface area contributed by atoms with Crippen LogP contribution >= 0.6 is 11.8 Å². The van der Waals surface area contributed by atoms with Crippen LogP contribution in [0.25, 0.3) is 55.0 Å². The van der Waals surface area contributed by atoms with E-state index in [9.17, 15) is 0 Å². The van der Waals surface area contributed by atoms with Crippen LogP contribution in [0.1, 0.15) is 91.5 Å². The summed E-state index contributed by atoms with van der Waals surface area (Å²) in [6.07, 6.45) is 1.01. The lowest BCUT2D eigenvalue weighted by Gasteiger charge is -2.22. The fourth-order valence-corrected chi connectivity index (χ4v) is 9.02. The van der Waals surface area contributed by atoms with E-state index in [0.29, 0.717) is 0 Å². The first-order chi connectivity index (χ1) is 25.6. The van der Waals surface area contributed by atoms with E-state index in [1.54, 1.807) is 11.8 Å². The summed E-state index contributed by atoms with van der Waals surface area (Å²) in [6.45, 7) is 22.9. The predicted molar refractivity (Wildman–Crippen MR) is 231 cm³/mol. The fourth-order valence-electron chi connectivity index (χ4n) is 8.11. The zero-order valence-electron chi connectivity index (χ0n) is 33.3. The number of rotatable bonds is 3. The number of aryl methyl sites for hydroxylation is 1. The molecule has 0 N–H and O–H groups in total. The summed E-state index contributed by atoms with van der Waals surface area (Å²) in [5, 5.41) is 5.18. The number of hydrogen-bond acceptors (Lipinski definition) is 2. The predicted octanol–water partition coefficient (Wildman–Crippen LogP) is 14.6. The summed E-state index contributed by atoms with van der Waals surface area (Å²) < 4.78 is 11.7. The summed E-state index contributed by atoms with van der Waals surface area (Å²) >= 11 is 1.78. The minimum absolute atomic E-state index is 0.0560. The molecule has 0 spiro atoms. The Labute approximate surface area is 324 Å². The van der Waals surface area contributed by atoms with Crippen LogP contribution in [-0.2, 0) is 22.7 Å². The number of fused-ring (bicyclic) bond motifs is 8. The fraction of sp³-hybridized carbons (Fsp3) is 0.280. The first-order valence-corrected chi connectivity index (χ1v) is 20.2. The average Bonchev–Trinajstić information content (AvgIpc) is 3.63. The van der Waals surface area contributed by atoms with Gasteiger partial charge in [-0.2, -0.15) is 0 Å². The Morgan fingerprint density at radius 1 is 0.444 bits per heavy atom. The molecule has 6 aromatic carbocycles. The van der Waals surface area contributed by atoms with Crippen molar-refractivity contribution in [3.8, 4) is 22.9 Å². The van der Waals surface area contributed by atoms with Crippen LogP contribution in [0, 0.1) is 0 Å². The van der Waals surface area contributed by atoms with Gasteiger partial charge in [0.1, 0.15) is 11.5 Å². The highest BCUT2D eigenvalue weighted by atomic mass is 32.2. The minimum atomic E-state index is 0.0560. The number of ether oxygens (including phenoxy) is 1. The van der Waals surface area contributed by atoms with E-state index in [-0.39, 0.29) is 16.2 Å². The van der Waals surface area contributed by atoms with Crippen LogP contribution in [0.15, 0.2) is 119 Å². The zero-order chi connectivity index (χ0) is 37.9. The first-order valence-electron chi connectivity index (χ1n) is 19.4. The van der Waals surface area contributed by atoms with Crippen molar-refractivity contribution in [3.05, 3.63) is 131 Å². The van der Waals surface area contributed by atoms with E-state index in [1.807, 2.05) is 0 Å². The normalized spacial score (nSPS) is 13.5. The standard InChI is InChI=1S/C50H50N2OS/c1-11-30-12-18-40-36(24-30)37-25-31(48(2,3)4)13-19-41(37)51(40)34-16-22-46-44(28-34)53-45-29-35(17-23-47(45)54-46)52-42-20-14-32(49(5,6)7)26-38(42)39-27-33(50(8,9)10)15-21-43(39)52/h12-29H,11H2,1-10H3. The van der Waals surface area contributed by atoms with Crippen LogP contribution in [0.5, 0.6) is 11.5 Å². The Morgan fingerprint density at radius 3 is 1.19 bits per heavy atom. The van der Waals surface area contributed by atoms with Crippen LogP contribution < -0.4 is 4.74 Å². The largest absolute Gasteiger partial charge is 0.455 e. The summed E-state index contributed by atoms with van der Waals surface area (Å²) in [5.74, 6) is 1.78. The van der Waals surface area contributed by atoms with E-state index >= 15 is 0 Å². The molecule has 54 heavy (non-hydrogen) atoms. The van der Waals surface area contributed by atoms with Crippen molar-refractivity contribution in [2.45, 2.75) is 102 Å². The molecule has 1 aliphatic heterocycles. The second-order valence-corrected chi connectivity index (χ2v) is 19.4. The van der Waals surface area contributed by atoms with Crippen molar-refractivity contribution in [2.24, 2.45) is 0 Å². The maximum atomic E-state index is 6.88. The quantitative estimate of drug-likeness (QED) is 0.181. The molecule has 4 heteroatoms. The van der Waals surface area contributed by atoms with Gasteiger partial charge in [-0.05, 0) is 118 Å². The summed E-state index contributed by atoms with van der Waals surface area (Å²) in [4.78, 5) is 2.26. The maximum Gasteiger partial charge on any atom is 0.143 e. The topological polar surface area (TPSA) is 19.1 Å². The van der Waals surface area contributed by atoms with Crippen LogP contribution in [0.4, 0.5) is 0 Å². The van der Waals surface area contributed by atoms with E-state index in [2.05, 4.69) is 188 Å². The molecule has 0 atom stereocenters. The van der Waals surface area contributed by atoms with Crippen LogP contribution in [0.2, 0.25) is 0 Å². The highest BCUT2D eigenvalue weighted by Gasteiger charge is 2.25. The third kappa shape index (κ3) is 5.64. The molecule has 272 valence electrons. The highest BCUT2D eigenvalue weighted by molar-refractivity contribution is 7.99. The van der Waals surface area contributed by atoms with Crippen molar-refractivity contribution >= 4 is 55.4 Å². The Balaban J connectivity index is 1.16. The number of hydrogen-bond donors (Lipinski definition) is 0. The first kappa shape index (κ1) is 34.8. The van der Waals surface area contributed by atoms with Crippen molar-refractivity contribution < 1.29 is 4.74 Å². The average molecular weight is 727 g/mol. The Hall–Kier alpha value is -4.93. The van der Waals surface area contributed by atoms with E-state index in [1.165, 1.54) is 65.9 Å². The smallest absolute Gasteiger partial charge is 0.143 e. The van der Waals surface area contributed by atoms with Gasteiger partial charge in [0.05, 0.1) is 31.9 Å². The summed E-state index contributed by atoms with van der Waals surface area (Å²) in [5.41, 5.74) is 12.6. The van der Waals surface area contributed by atoms with Crippen LogP contribution in [-0.4, -0.2) is 9.13 Å². The van der Waals surface area contributed by atoms with Crippen molar-refractivity contribution in [3.63, 3.8) is 0 Å². The van der Waals surface area contributed by atoms with E-state index in [4.69, 9.17) is 4.74 Å². The molecule has 0 saturated carbocycles. The zero-order valence-corrected chi connectivity index (χ0v) is 34.1. The molecule has 0 unspecified atom stereocenters. The lowest BCUT2D eigenvalue weighted by molar-refractivity contribution is 0.454. The molecular formula is C50H50N2OS. The molecule has 1 aliphatic rings. The van der Waals surface area contributed by atoms with Crippen LogP contribution in [0.3, 0.4) is 0 Å². The Bertz CT molecular complexity index is 2740. The molecule has 2 aromatic heterocycles. The Morgan fingerprint density at radius 2 is 0.815 bits per heavy atom. The molecule has 0 amide bonds. The van der Waals surface area contributed by atoms with E-state index < -0.39 is 0 Å². The lowest BCUT2D eigenvalue weighted by atomic mass is 9.85. The SMILES string of the molecule is CCc1ccc2c(c1)c1cc(C(C)(C)C)ccc1n2-c1ccc2c(c1)Oc1cc(-n3c4ccc(C(C)(C)C)cc4c4cc(C(C)(C)C)ccc43)ccc1S2. The van der Waals surface area contributed by atoms with Gasteiger partial charge in [0, 0.05) is 45.1 Å². The van der Waals surface area contributed by atoms with Crippen molar-refractivity contribution in [1.82, 2.24) is 9.13 Å². The molecule has 0 aliphatic carbocycles. The second kappa shape index (κ2) is 12.0. The van der Waals surface area contributed by atoms with Gasteiger partial charge >= 0.3 is 0 Å². The third-order valence-corrected chi connectivity index (χ3v) is 12.5. The lowest BCUT2D eigenvalue weighted by Crippen LogP contribution is -2.10. The molecular weight excluding hydrogens is 677 g/mol. The van der Waals surface area contributed by atoms with Gasteiger partial charge in [-0.25, -0.2) is 0 Å². The van der Waals surface area contributed by atoms with Gasteiger partial charge in [0.2, 0.25) is 0 Å². The molecule has 0 saturated heterocycles. The minimum Gasteiger partial charge on any atom is -0.455 e. The molecule has 0 fully saturated rings. The van der Waals surface area contributed by atoms with Gasteiger partial charge in [-0.15, -0.1) is 0 Å². The maximum absolute atomic E-state index is 6.88. The van der Waals surface area contributed by atoms with Gasteiger partial charge in [-0.1, -0.05) is 105 Å². The van der Waals surface area contributed by atoms with Crippen molar-refractivity contribution in [1.29, 1.82) is 0 Å². The van der Waals surface area contributed by atoms with Gasteiger partial charge in [-0.3, -0.25) is 0 Å². The number of benzene rings is 6. The molecule has 0 radical (unpaired) electrons. The van der Waals surface area contributed by atoms with Crippen molar-refractivity contribution in [2.75, 3.05) is 0 Å². The van der Waals surface area contributed by atoms with E-state index in [0.717, 1.165) is 39.1 Å². The monoisotopic (exact) mass is 726 g/mol. The number of nitrogens with zero attached hydrogens (tertiary/aromatic N) is 2. The molecule has 3 heterocycles. The molecule has 9 rings (SSSR count). The molecule has 8 aromatic rings. The van der Waals surface area contributed by atoms with Gasteiger partial charge in [0.25, 0.3) is 0 Å². The third-order valence-electron chi connectivity index (χ3n) is 11.4. The second-order valence-electron chi connectivity index (χ2n) is 18.3. The van der Waals surface area contributed by atoms with Gasteiger partial charge in [0.15, 0.2) is 0 Å². The summed E-state index contributed by atoms with van der Waals surface area (Å²) in [7, 11) is 0. The van der Waals surface area contributed by atoms with Gasteiger partial charge < -0.3 is 13.9 Å². The highest BCUT2D eigenvalue weighted by Crippen LogP contribution is 2.49. The Kier molecular flexibility index (Phi) is 7.76. The number of aromatic nitrogens is 2.